The maximum atomic E-state index is 9.96. The monoisotopic (exact) mass is 222 g/mol. The van der Waals surface area contributed by atoms with Crippen LogP contribution in [0.5, 0.6) is 0 Å². The largest absolute Gasteiger partial charge is 0.393 e. The highest BCUT2D eigenvalue weighted by Gasteiger charge is 2.24. The minimum absolute atomic E-state index is 0.103. The van der Waals surface area contributed by atoms with E-state index in [2.05, 4.69) is 18.1 Å². The molecule has 1 aromatic heterocycles. The Balaban J connectivity index is 2.04. The molecular weight excluding hydrogens is 200 g/mol. The Morgan fingerprint density at radius 3 is 2.81 bits per heavy atom. The molecule has 1 heterocycles. The van der Waals surface area contributed by atoms with Gasteiger partial charge in [0.15, 0.2) is 0 Å². The van der Waals surface area contributed by atoms with E-state index in [1.165, 1.54) is 18.5 Å². The zero-order chi connectivity index (χ0) is 11.5. The Kier molecular flexibility index (Phi) is 3.64. The Bertz CT molecular complexity index is 346. The van der Waals surface area contributed by atoms with E-state index in [0.29, 0.717) is 5.92 Å². The average molecular weight is 222 g/mol. The third-order valence-electron chi connectivity index (χ3n) is 3.73. The van der Waals surface area contributed by atoms with Crippen LogP contribution >= 0.6 is 0 Å². The zero-order valence-corrected chi connectivity index (χ0v) is 10.3. The summed E-state index contributed by atoms with van der Waals surface area (Å²) in [6.45, 7) is 2.13. The van der Waals surface area contributed by atoms with E-state index in [4.69, 9.17) is 0 Å². The molecule has 16 heavy (non-hydrogen) atoms. The second-order valence-corrected chi connectivity index (χ2v) is 4.92. The number of hydrogen-bond acceptors (Lipinski definition) is 2. The Morgan fingerprint density at radius 2 is 2.19 bits per heavy atom. The summed E-state index contributed by atoms with van der Waals surface area (Å²) in [6.07, 6.45) is 6.44. The molecule has 0 aliphatic heterocycles. The number of aliphatic hydroxyl groups is 1. The predicted molar refractivity (Wildman–Crippen MR) is 64.3 cm³/mol. The van der Waals surface area contributed by atoms with E-state index >= 15 is 0 Å². The van der Waals surface area contributed by atoms with Gasteiger partial charge in [0, 0.05) is 12.7 Å². The lowest BCUT2D eigenvalue weighted by atomic mass is 9.83. The van der Waals surface area contributed by atoms with E-state index in [0.717, 1.165) is 31.4 Å². The van der Waals surface area contributed by atoms with Gasteiger partial charge in [0.05, 0.1) is 11.8 Å². The van der Waals surface area contributed by atoms with Crippen molar-refractivity contribution in [2.24, 2.45) is 13.0 Å². The molecule has 0 amide bonds. The lowest BCUT2D eigenvalue weighted by Gasteiger charge is -2.27. The summed E-state index contributed by atoms with van der Waals surface area (Å²) in [6, 6.07) is 2.18. The number of aliphatic hydroxyl groups excluding tert-OH is 1. The maximum Gasteiger partial charge on any atom is 0.0624 e. The lowest BCUT2D eigenvalue weighted by molar-refractivity contribution is 0.0691. The summed E-state index contributed by atoms with van der Waals surface area (Å²) in [5, 5.41) is 14.4. The molecule has 1 aliphatic rings. The van der Waals surface area contributed by atoms with Crippen molar-refractivity contribution in [2.45, 2.75) is 51.6 Å². The van der Waals surface area contributed by atoms with Crippen molar-refractivity contribution in [1.82, 2.24) is 9.78 Å². The molecule has 1 aromatic rings. The SMILES string of the molecule is CCc1cc(CC2CCCCC2O)n(C)n1. The summed E-state index contributed by atoms with van der Waals surface area (Å²) in [5.74, 6) is 0.439. The number of hydrogen-bond donors (Lipinski definition) is 1. The first-order valence-corrected chi connectivity index (χ1v) is 6.40. The van der Waals surface area contributed by atoms with Gasteiger partial charge >= 0.3 is 0 Å². The van der Waals surface area contributed by atoms with E-state index in [-0.39, 0.29) is 6.10 Å². The van der Waals surface area contributed by atoms with Crippen molar-refractivity contribution < 1.29 is 5.11 Å². The van der Waals surface area contributed by atoms with E-state index in [1.54, 1.807) is 0 Å². The van der Waals surface area contributed by atoms with Crippen molar-refractivity contribution in [1.29, 1.82) is 0 Å². The maximum absolute atomic E-state index is 9.96. The van der Waals surface area contributed by atoms with Gasteiger partial charge in [-0.25, -0.2) is 0 Å². The Morgan fingerprint density at radius 1 is 1.44 bits per heavy atom. The molecule has 0 bridgehead atoms. The topological polar surface area (TPSA) is 38.0 Å². The minimum Gasteiger partial charge on any atom is -0.393 e. The van der Waals surface area contributed by atoms with Crippen LogP contribution in [0.2, 0.25) is 0 Å². The molecule has 2 rings (SSSR count). The van der Waals surface area contributed by atoms with Gasteiger partial charge in [-0.1, -0.05) is 19.8 Å². The number of aryl methyl sites for hydroxylation is 2. The average Bonchev–Trinajstić information content (AvgIpc) is 2.63. The van der Waals surface area contributed by atoms with Gasteiger partial charge in [0.25, 0.3) is 0 Å². The fraction of sp³-hybridized carbons (Fsp3) is 0.769. The van der Waals surface area contributed by atoms with Crippen molar-refractivity contribution >= 4 is 0 Å². The molecule has 3 heteroatoms. The molecule has 1 fully saturated rings. The highest BCUT2D eigenvalue weighted by Crippen LogP contribution is 2.27. The second kappa shape index (κ2) is 5.00. The third kappa shape index (κ3) is 2.46. The van der Waals surface area contributed by atoms with Crippen molar-refractivity contribution in [3.63, 3.8) is 0 Å². The fourth-order valence-electron chi connectivity index (χ4n) is 2.63. The zero-order valence-electron chi connectivity index (χ0n) is 10.3. The summed E-state index contributed by atoms with van der Waals surface area (Å²) in [4.78, 5) is 0. The molecule has 3 nitrogen and oxygen atoms in total. The molecular formula is C13H22N2O. The molecule has 0 spiro atoms. The molecule has 1 N–H and O–H groups in total. The summed E-state index contributed by atoms with van der Waals surface area (Å²) in [7, 11) is 2.00. The predicted octanol–water partition coefficient (Wildman–Crippen LogP) is 2.08. The summed E-state index contributed by atoms with van der Waals surface area (Å²) >= 11 is 0. The molecule has 0 aromatic carbocycles. The first kappa shape index (κ1) is 11.6. The van der Waals surface area contributed by atoms with Crippen LogP contribution in [0.3, 0.4) is 0 Å². The Hall–Kier alpha value is -0.830. The van der Waals surface area contributed by atoms with Gasteiger partial charge in [0.2, 0.25) is 0 Å². The van der Waals surface area contributed by atoms with Crippen molar-refractivity contribution in [2.75, 3.05) is 0 Å². The highest BCUT2D eigenvalue weighted by atomic mass is 16.3. The van der Waals surface area contributed by atoms with Gasteiger partial charge in [-0.15, -0.1) is 0 Å². The molecule has 1 saturated carbocycles. The van der Waals surface area contributed by atoms with Gasteiger partial charge in [-0.05, 0) is 37.7 Å². The minimum atomic E-state index is -0.103. The van der Waals surface area contributed by atoms with E-state index in [9.17, 15) is 5.11 Å². The smallest absolute Gasteiger partial charge is 0.0624 e. The molecule has 0 saturated heterocycles. The van der Waals surface area contributed by atoms with E-state index < -0.39 is 0 Å². The molecule has 1 aliphatic carbocycles. The summed E-state index contributed by atoms with van der Waals surface area (Å²) < 4.78 is 1.97. The van der Waals surface area contributed by atoms with Crippen LogP contribution in [0.15, 0.2) is 6.07 Å². The molecule has 90 valence electrons. The first-order valence-electron chi connectivity index (χ1n) is 6.40. The van der Waals surface area contributed by atoms with E-state index in [1.807, 2.05) is 11.7 Å². The van der Waals surface area contributed by atoms with Gasteiger partial charge in [-0.3, -0.25) is 4.68 Å². The Labute approximate surface area is 97.5 Å². The van der Waals surface area contributed by atoms with Crippen LogP contribution in [-0.4, -0.2) is 21.0 Å². The van der Waals surface area contributed by atoms with Crippen LogP contribution in [0.1, 0.15) is 44.0 Å². The second-order valence-electron chi connectivity index (χ2n) is 4.92. The van der Waals surface area contributed by atoms with Crippen molar-refractivity contribution in [3.05, 3.63) is 17.5 Å². The third-order valence-corrected chi connectivity index (χ3v) is 3.73. The van der Waals surface area contributed by atoms with Crippen LogP contribution in [0, 0.1) is 5.92 Å². The first-order chi connectivity index (χ1) is 7.70. The highest BCUT2D eigenvalue weighted by molar-refractivity contribution is 5.11. The van der Waals surface area contributed by atoms with Gasteiger partial charge in [-0.2, -0.15) is 5.10 Å². The normalized spacial score (nSPS) is 25.9. The lowest BCUT2D eigenvalue weighted by Crippen LogP contribution is -2.26. The quantitative estimate of drug-likeness (QED) is 0.850. The van der Waals surface area contributed by atoms with Gasteiger partial charge in [0.1, 0.15) is 0 Å². The standard InChI is InChI=1S/C13H22N2O/c1-3-11-9-12(15(2)14-11)8-10-6-4-5-7-13(10)16/h9-10,13,16H,3-8H2,1-2H3. The van der Waals surface area contributed by atoms with Crippen molar-refractivity contribution in [3.8, 4) is 0 Å². The van der Waals surface area contributed by atoms with Crippen LogP contribution in [-0.2, 0) is 19.9 Å². The van der Waals surface area contributed by atoms with Gasteiger partial charge < -0.3 is 5.11 Å². The summed E-state index contributed by atoms with van der Waals surface area (Å²) in [5.41, 5.74) is 2.42. The van der Waals surface area contributed by atoms with Crippen LogP contribution in [0.25, 0.3) is 0 Å². The number of aromatic nitrogens is 2. The molecule has 2 unspecified atom stereocenters. The van der Waals surface area contributed by atoms with Crippen LogP contribution in [0.4, 0.5) is 0 Å². The fourth-order valence-corrected chi connectivity index (χ4v) is 2.63. The number of nitrogens with zero attached hydrogens (tertiary/aromatic N) is 2. The van der Waals surface area contributed by atoms with Crippen LogP contribution < -0.4 is 0 Å². The molecule has 0 radical (unpaired) electrons. The molecule has 2 atom stereocenters. The number of rotatable bonds is 3.